The van der Waals surface area contributed by atoms with Gasteiger partial charge in [0.1, 0.15) is 0 Å². The van der Waals surface area contributed by atoms with E-state index in [9.17, 15) is 15.1 Å². The summed E-state index contributed by atoms with van der Waals surface area (Å²) in [6, 6.07) is 9.03. The zero-order valence-corrected chi connectivity index (χ0v) is 12.3. The Hall–Kier alpha value is -2.56. The molecule has 0 spiro atoms. The summed E-state index contributed by atoms with van der Waals surface area (Å²) in [5.41, 5.74) is 2.71. The van der Waals surface area contributed by atoms with E-state index in [1.54, 1.807) is 13.8 Å². The summed E-state index contributed by atoms with van der Waals surface area (Å²) >= 11 is 0. The molecule has 0 amide bonds. The minimum atomic E-state index is -0.672. The lowest BCUT2D eigenvalue weighted by Crippen LogP contribution is -2.20. The normalized spacial score (nSPS) is 11.7. The Morgan fingerprint density at radius 2 is 2.05 bits per heavy atom. The predicted octanol–water partition coefficient (Wildman–Crippen LogP) is 2.80. The highest BCUT2D eigenvalue weighted by Gasteiger charge is 2.14. The number of hydrogen-bond acceptors (Lipinski definition) is 4. The maximum absolute atomic E-state index is 11.4. The molecule has 0 aliphatic rings. The first-order valence-corrected chi connectivity index (χ1v) is 6.73. The fraction of sp³-hybridized carbons (Fsp3) is 0.250. The Balaban J connectivity index is 2.53. The molecule has 1 heterocycles. The van der Waals surface area contributed by atoms with Crippen LogP contribution in [0.2, 0.25) is 0 Å². The number of rotatable bonds is 3. The molecule has 2 N–H and O–H groups in total. The van der Waals surface area contributed by atoms with Gasteiger partial charge < -0.3 is 10.3 Å². The third kappa shape index (κ3) is 2.97. The number of nitrogens with zero attached hydrogens (tertiary/aromatic N) is 2. The number of aliphatic imine (C=N–C) groups is 1. The molecule has 0 radical (unpaired) electrons. The SMILES string of the molecule is CCc1cccc(N=C(C)c2c(C)cc(=O)n(O)c2O)c1. The van der Waals surface area contributed by atoms with Crippen LogP contribution in [0.3, 0.4) is 0 Å². The van der Waals surface area contributed by atoms with Crippen molar-refractivity contribution in [2.45, 2.75) is 27.2 Å². The van der Waals surface area contributed by atoms with E-state index in [0.29, 0.717) is 16.8 Å². The summed E-state index contributed by atoms with van der Waals surface area (Å²) in [5, 5.41) is 19.4. The van der Waals surface area contributed by atoms with Gasteiger partial charge in [0.15, 0.2) is 0 Å². The molecule has 5 heteroatoms. The Bertz CT molecular complexity index is 761. The quantitative estimate of drug-likeness (QED) is 0.673. The maximum Gasteiger partial charge on any atom is 0.286 e. The number of hydrogen-bond donors (Lipinski definition) is 2. The number of benzene rings is 1. The standard InChI is InChI=1S/C16H18N2O3/c1-4-12-6-5-7-13(9-12)17-11(3)15-10(2)8-14(19)18(21)16(15)20/h5-9,20-21H,4H2,1-3H3. The molecule has 0 aliphatic carbocycles. The van der Waals surface area contributed by atoms with Crippen molar-refractivity contribution in [1.29, 1.82) is 0 Å². The van der Waals surface area contributed by atoms with Gasteiger partial charge in [-0.05, 0) is 43.5 Å². The lowest BCUT2D eigenvalue weighted by Gasteiger charge is -2.10. The van der Waals surface area contributed by atoms with Crippen molar-refractivity contribution in [2.75, 3.05) is 0 Å². The number of aromatic hydroxyl groups is 1. The van der Waals surface area contributed by atoms with Crippen LogP contribution in [-0.2, 0) is 6.42 Å². The number of aryl methyl sites for hydroxylation is 2. The van der Waals surface area contributed by atoms with Gasteiger partial charge in [-0.15, -0.1) is 4.73 Å². The van der Waals surface area contributed by atoms with Crippen LogP contribution in [-0.4, -0.2) is 20.8 Å². The summed E-state index contributed by atoms with van der Waals surface area (Å²) in [5.74, 6) is -0.493. The Morgan fingerprint density at radius 1 is 1.33 bits per heavy atom. The topological polar surface area (TPSA) is 74.8 Å². The van der Waals surface area contributed by atoms with Crippen LogP contribution < -0.4 is 5.56 Å². The molecule has 110 valence electrons. The summed E-state index contributed by atoms with van der Waals surface area (Å²) in [7, 11) is 0. The van der Waals surface area contributed by atoms with Gasteiger partial charge in [-0.25, -0.2) is 0 Å². The van der Waals surface area contributed by atoms with Crippen molar-refractivity contribution in [3.8, 4) is 5.88 Å². The van der Waals surface area contributed by atoms with Crippen LogP contribution in [0.15, 0.2) is 40.1 Å². The molecule has 1 aromatic carbocycles. The van der Waals surface area contributed by atoms with Crippen LogP contribution in [0, 0.1) is 6.92 Å². The molecular formula is C16H18N2O3. The van der Waals surface area contributed by atoms with Crippen molar-refractivity contribution >= 4 is 11.4 Å². The van der Waals surface area contributed by atoms with Crippen molar-refractivity contribution < 1.29 is 10.3 Å². The number of aromatic nitrogens is 1. The largest absolute Gasteiger partial charge is 0.492 e. The third-order valence-electron chi connectivity index (χ3n) is 3.34. The number of pyridine rings is 1. The van der Waals surface area contributed by atoms with Crippen LogP contribution >= 0.6 is 0 Å². The molecule has 0 atom stereocenters. The van der Waals surface area contributed by atoms with Gasteiger partial charge in [-0.2, -0.15) is 0 Å². The van der Waals surface area contributed by atoms with Crippen molar-refractivity contribution in [2.24, 2.45) is 4.99 Å². The molecule has 1 aromatic heterocycles. The average Bonchev–Trinajstić information content (AvgIpc) is 2.45. The second-order valence-electron chi connectivity index (χ2n) is 4.90. The highest BCUT2D eigenvalue weighted by molar-refractivity contribution is 6.03. The third-order valence-corrected chi connectivity index (χ3v) is 3.34. The highest BCUT2D eigenvalue weighted by Crippen LogP contribution is 2.22. The molecule has 2 rings (SSSR count). The fourth-order valence-electron chi connectivity index (χ4n) is 2.25. The summed E-state index contributed by atoms with van der Waals surface area (Å²) in [6.45, 7) is 5.48. The summed E-state index contributed by atoms with van der Waals surface area (Å²) in [6.07, 6.45) is 0.911. The molecule has 2 aromatic rings. The molecular weight excluding hydrogens is 268 g/mol. The lowest BCUT2D eigenvalue weighted by atomic mass is 10.1. The maximum atomic E-state index is 11.4. The first-order valence-electron chi connectivity index (χ1n) is 6.73. The smallest absolute Gasteiger partial charge is 0.286 e. The zero-order valence-electron chi connectivity index (χ0n) is 12.3. The molecule has 0 saturated heterocycles. The van der Waals surface area contributed by atoms with Crippen molar-refractivity contribution in [3.05, 3.63) is 57.4 Å². The molecule has 0 fully saturated rings. The van der Waals surface area contributed by atoms with E-state index >= 15 is 0 Å². The second-order valence-corrected chi connectivity index (χ2v) is 4.90. The summed E-state index contributed by atoms with van der Waals surface area (Å²) in [4.78, 5) is 15.9. The molecule has 5 nitrogen and oxygen atoms in total. The lowest BCUT2D eigenvalue weighted by molar-refractivity contribution is 0.143. The van der Waals surface area contributed by atoms with Crippen LogP contribution in [0.4, 0.5) is 5.69 Å². The van der Waals surface area contributed by atoms with Crippen molar-refractivity contribution in [1.82, 2.24) is 4.73 Å². The van der Waals surface area contributed by atoms with Gasteiger partial charge in [0.25, 0.3) is 5.56 Å². The Kier molecular flexibility index (Phi) is 4.12. The first kappa shape index (κ1) is 14.8. The molecule has 0 aliphatic heterocycles. The fourth-order valence-corrected chi connectivity index (χ4v) is 2.25. The van der Waals surface area contributed by atoms with Gasteiger partial charge in [0.05, 0.1) is 17.0 Å². The van der Waals surface area contributed by atoms with Crippen LogP contribution in [0.5, 0.6) is 5.88 Å². The summed E-state index contributed by atoms with van der Waals surface area (Å²) < 4.78 is 0.226. The Labute approximate surface area is 122 Å². The molecule has 0 saturated carbocycles. The minimum absolute atomic E-state index is 0.226. The van der Waals surface area contributed by atoms with E-state index in [-0.39, 0.29) is 4.73 Å². The van der Waals surface area contributed by atoms with E-state index in [2.05, 4.69) is 11.9 Å². The minimum Gasteiger partial charge on any atom is -0.492 e. The Morgan fingerprint density at radius 3 is 2.71 bits per heavy atom. The second kappa shape index (κ2) is 5.83. The van der Waals surface area contributed by atoms with E-state index in [4.69, 9.17) is 0 Å². The average molecular weight is 286 g/mol. The highest BCUT2D eigenvalue weighted by atomic mass is 16.5. The van der Waals surface area contributed by atoms with Gasteiger partial charge in [0, 0.05) is 6.07 Å². The monoisotopic (exact) mass is 286 g/mol. The van der Waals surface area contributed by atoms with E-state index in [1.165, 1.54) is 6.07 Å². The van der Waals surface area contributed by atoms with Gasteiger partial charge in [0.2, 0.25) is 5.88 Å². The van der Waals surface area contributed by atoms with E-state index < -0.39 is 11.4 Å². The van der Waals surface area contributed by atoms with Gasteiger partial charge in [-0.3, -0.25) is 9.79 Å². The molecule has 21 heavy (non-hydrogen) atoms. The van der Waals surface area contributed by atoms with E-state index in [0.717, 1.165) is 17.7 Å². The first-order chi connectivity index (χ1) is 9.93. The van der Waals surface area contributed by atoms with Crippen LogP contribution in [0.25, 0.3) is 0 Å². The van der Waals surface area contributed by atoms with Gasteiger partial charge in [-0.1, -0.05) is 19.1 Å². The van der Waals surface area contributed by atoms with Crippen molar-refractivity contribution in [3.63, 3.8) is 0 Å². The zero-order chi connectivity index (χ0) is 15.6. The predicted molar refractivity (Wildman–Crippen MR) is 82.0 cm³/mol. The molecule has 0 bridgehead atoms. The van der Waals surface area contributed by atoms with E-state index in [1.807, 2.05) is 24.3 Å². The van der Waals surface area contributed by atoms with Crippen LogP contribution in [0.1, 0.15) is 30.5 Å². The molecule has 0 unspecified atom stereocenters. The van der Waals surface area contributed by atoms with Gasteiger partial charge >= 0.3 is 0 Å².